The number of anilines is 1. The highest BCUT2D eigenvalue weighted by atomic mass is 35.5. The lowest BCUT2D eigenvalue weighted by Crippen LogP contribution is -2.50. The number of halogens is 1. The maximum Gasteiger partial charge on any atom is 0.346 e. The Kier molecular flexibility index (Phi) is 7.12. The van der Waals surface area contributed by atoms with Crippen LogP contribution in [0.1, 0.15) is 51.0 Å². The number of carbonyl (C=O) groups excluding carboxylic acids is 2. The summed E-state index contributed by atoms with van der Waals surface area (Å²) in [5.74, 6) is 6.65. The smallest absolute Gasteiger partial charge is 0.346 e. The second kappa shape index (κ2) is 9.76. The summed E-state index contributed by atoms with van der Waals surface area (Å²) in [5.41, 5.74) is 1.29. The van der Waals surface area contributed by atoms with Gasteiger partial charge in [-0.3, -0.25) is 9.69 Å². The van der Waals surface area contributed by atoms with Crippen molar-refractivity contribution in [2.24, 2.45) is 5.84 Å². The van der Waals surface area contributed by atoms with Crippen LogP contribution in [0.15, 0.2) is 42.5 Å². The Morgan fingerprint density at radius 3 is 2.66 bits per heavy atom. The molecule has 1 aliphatic rings. The molecule has 0 fully saturated rings. The molecule has 0 bridgehead atoms. The van der Waals surface area contributed by atoms with Gasteiger partial charge < -0.3 is 4.74 Å². The van der Waals surface area contributed by atoms with E-state index in [1.165, 1.54) is 4.90 Å². The van der Waals surface area contributed by atoms with Crippen LogP contribution in [-0.4, -0.2) is 16.9 Å². The van der Waals surface area contributed by atoms with Gasteiger partial charge in [0, 0.05) is 17.0 Å². The van der Waals surface area contributed by atoms with Gasteiger partial charge in [-0.15, -0.1) is 0 Å². The molecule has 0 spiro atoms. The van der Waals surface area contributed by atoms with E-state index in [0.717, 1.165) is 31.2 Å². The number of para-hydroxylation sites is 1. The van der Waals surface area contributed by atoms with Gasteiger partial charge in [-0.2, -0.15) is 5.01 Å². The van der Waals surface area contributed by atoms with E-state index in [9.17, 15) is 9.59 Å². The third-order valence-corrected chi connectivity index (χ3v) is 5.17. The molecule has 2 aromatic carbocycles. The predicted molar refractivity (Wildman–Crippen MR) is 114 cm³/mol. The number of hydrazine groups is 1. The summed E-state index contributed by atoms with van der Waals surface area (Å²) < 4.78 is 5.98. The Balaban J connectivity index is 1.79. The molecule has 0 unspecified atom stereocenters. The zero-order chi connectivity index (χ0) is 20.8. The molecule has 0 radical (unpaired) electrons. The van der Waals surface area contributed by atoms with Gasteiger partial charge in [0.15, 0.2) is 5.75 Å². The molecule has 0 saturated heterocycles. The highest BCUT2D eigenvalue weighted by molar-refractivity contribution is 6.31. The molecule has 0 aromatic heterocycles. The van der Waals surface area contributed by atoms with Crippen LogP contribution in [0.2, 0.25) is 5.02 Å². The maximum atomic E-state index is 13.1. The number of hydrogen-bond acceptors (Lipinski definition) is 4. The summed E-state index contributed by atoms with van der Waals surface area (Å²) in [6.45, 7) is 2.36. The normalized spacial score (nSPS) is 12.4. The Bertz CT molecular complexity index is 887. The van der Waals surface area contributed by atoms with E-state index in [0.29, 0.717) is 33.6 Å². The Morgan fingerprint density at radius 2 is 1.86 bits per heavy atom. The second-order valence-corrected chi connectivity index (χ2v) is 7.55. The minimum absolute atomic E-state index is 0.222. The highest BCUT2D eigenvalue weighted by Gasteiger charge is 2.30. The zero-order valence-corrected chi connectivity index (χ0v) is 17.3. The molecule has 3 rings (SSSR count). The monoisotopic (exact) mass is 415 g/mol. The molecule has 7 heteroatoms. The zero-order valence-electron chi connectivity index (χ0n) is 16.6. The Morgan fingerprint density at radius 1 is 1.10 bits per heavy atom. The van der Waals surface area contributed by atoms with E-state index in [4.69, 9.17) is 22.2 Å². The van der Waals surface area contributed by atoms with Crippen LogP contribution in [0.4, 0.5) is 10.5 Å². The van der Waals surface area contributed by atoms with E-state index in [-0.39, 0.29) is 13.0 Å². The van der Waals surface area contributed by atoms with Crippen molar-refractivity contribution in [3.63, 3.8) is 0 Å². The van der Waals surface area contributed by atoms with Crippen LogP contribution >= 0.6 is 11.6 Å². The highest BCUT2D eigenvalue weighted by Crippen LogP contribution is 2.40. The predicted octanol–water partition coefficient (Wildman–Crippen LogP) is 5.64. The average molecular weight is 416 g/mol. The Labute approximate surface area is 176 Å². The molecule has 2 N–H and O–H groups in total. The van der Waals surface area contributed by atoms with Crippen LogP contribution in [0.3, 0.4) is 0 Å². The molecule has 0 saturated carbocycles. The van der Waals surface area contributed by atoms with Crippen molar-refractivity contribution in [3.05, 3.63) is 53.1 Å². The van der Waals surface area contributed by atoms with Crippen molar-refractivity contribution in [1.29, 1.82) is 0 Å². The number of nitrogens with two attached hydrogens (primary N) is 1. The molecule has 2 aromatic rings. The summed E-state index contributed by atoms with van der Waals surface area (Å²) in [5, 5.41) is 1.17. The summed E-state index contributed by atoms with van der Waals surface area (Å²) >= 11 is 6.16. The number of unbranched alkanes of at least 4 members (excludes halogenated alkanes) is 4. The summed E-state index contributed by atoms with van der Waals surface area (Å²) in [6.07, 6.45) is 5.27. The van der Waals surface area contributed by atoms with E-state index >= 15 is 0 Å². The van der Waals surface area contributed by atoms with Crippen LogP contribution in [0.25, 0.3) is 0 Å². The van der Waals surface area contributed by atoms with Crippen molar-refractivity contribution < 1.29 is 14.3 Å². The third kappa shape index (κ3) is 5.08. The standard InChI is InChI=1S/C22H26ClN3O3/c1-2-3-4-5-6-11-21(27)26(24)22(28)25-15-16-9-7-8-10-19(16)29-20-13-12-17(23)14-18(20)25/h7-10,12-14H,2-6,11,15,24H2,1H3. The van der Waals surface area contributed by atoms with Crippen molar-refractivity contribution in [1.82, 2.24) is 5.01 Å². The first-order chi connectivity index (χ1) is 14.0. The molecule has 0 aliphatic carbocycles. The quantitative estimate of drug-likeness (QED) is 0.287. The first-order valence-corrected chi connectivity index (χ1v) is 10.3. The fourth-order valence-electron chi connectivity index (χ4n) is 3.30. The van der Waals surface area contributed by atoms with Crippen molar-refractivity contribution >= 4 is 29.2 Å². The van der Waals surface area contributed by atoms with E-state index in [2.05, 4.69) is 6.92 Å². The van der Waals surface area contributed by atoms with Crippen molar-refractivity contribution in [3.8, 4) is 11.5 Å². The van der Waals surface area contributed by atoms with Crippen LogP contribution < -0.4 is 15.5 Å². The van der Waals surface area contributed by atoms with Crippen molar-refractivity contribution in [2.45, 2.75) is 52.0 Å². The fraction of sp³-hybridized carbons (Fsp3) is 0.364. The number of rotatable bonds is 6. The number of imide groups is 1. The summed E-state index contributed by atoms with van der Waals surface area (Å²) in [7, 11) is 0. The van der Waals surface area contributed by atoms with Gasteiger partial charge in [0.05, 0.1) is 12.2 Å². The number of amides is 3. The Hall–Kier alpha value is -2.57. The molecule has 6 nitrogen and oxygen atoms in total. The molecular formula is C22H26ClN3O3. The van der Waals surface area contributed by atoms with Gasteiger partial charge in [0.25, 0.3) is 0 Å². The number of ether oxygens (including phenoxy) is 1. The van der Waals surface area contributed by atoms with Crippen LogP contribution in [-0.2, 0) is 11.3 Å². The SMILES string of the molecule is CCCCCCCC(=O)N(N)C(=O)N1Cc2ccccc2Oc2ccc(Cl)cc21. The lowest BCUT2D eigenvalue weighted by molar-refractivity contribution is -0.128. The lowest BCUT2D eigenvalue weighted by atomic mass is 10.1. The van der Waals surface area contributed by atoms with Gasteiger partial charge in [0.1, 0.15) is 5.75 Å². The topological polar surface area (TPSA) is 75.9 Å². The number of fused-ring (bicyclic) bond motifs is 2. The largest absolute Gasteiger partial charge is 0.455 e. The van der Waals surface area contributed by atoms with Gasteiger partial charge in [0.2, 0.25) is 5.91 Å². The molecule has 1 aliphatic heterocycles. The molecule has 29 heavy (non-hydrogen) atoms. The maximum absolute atomic E-state index is 13.1. The summed E-state index contributed by atoms with van der Waals surface area (Å²) in [4.78, 5) is 27.0. The van der Waals surface area contributed by atoms with E-state index in [1.807, 2.05) is 24.3 Å². The number of hydrogen-bond donors (Lipinski definition) is 1. The lowest BCUT2D eigenvalue weighted by Gasteiger charge is -2.26. The summed E-state index contributed by atoms with van der Waals surface area (Å²) in [6, 6.07) is 11.9. The molecule has 0 atom stereocenters. The van der Waals surface area contributed by atoms with E-state index in [1.54, 1.807) is 18.2 Å². The van der Waals surface area contributed by atoms with Gasteiger partial charge in [-0.1, -0.05) is 62.4 Å². The first kappa shape index (κ1) is 21.1. The van der Waals surface area contributed by atoms with Gasteiger partial charge in [-0.05, 0) is 30.7 Å². The average Bonchev–Trinajstić information content (AvgIpc) is 2.89. The number of urea groups is 1. The molecular weight excluding hydrogens is 390 g/mol. The fourth-order valence-corrected chi connectivity index (χ4v) is 3.47. The van der Waals surface area contributed by atoms with Gasteiger partial charge >= 0.3 is 6.03 Å². The van der Waals surface area contributed by atoms with Crippen LogP contribution in [0, 0.1) is 0 Å². The number of benzene rings is 2. The second-order valence-electron chi connectivity index (χ2n) is 7.12. The molecule has 154 valence electrons. The number of carbonyl (C=O) groups is 2. The van der Waals surface area contributed by atoms with Crippen molar-refractivity contribution in [2.75, 3.05) is 4.90 Å². The minimum Gasteiger partial charge on any atom is -0.455 e. The van der Waals surface area contributed by atoms with Crippen LogP contribution in [0.5, 0.6) is 11.5 Å². The number of nitrogens with zero attached hydrogens (tertiary/aromatic N) is 2. The third-order valence-electron chi connectivity index (χ3n) is 4.93. The minimum atomic E-state index is -0.604. The first-order valence-electron chi connectivity index (χ1n) is 9.95. The molecule has 1 heterocycles. The van der Waals surface area contributed by atoms with E-state index < -0.39 is 11.9 Å². The van der Waals surface area contributed by atoms with Gasteiger partial charge in [-0.25, -0.2) is 10.6 Å². The molecule has 3 amide bonds.